The Morgan fingerprint density at radius 3 is 2.55 bits per heavy atom. The van der Waals surface area contributed by atoms with Crippen LogP contribution >= 0.6 is 0 Å². The van der Waals surface area contributed by atoms with Crippen LogP contribution in [0.25, 0.3) is 0 Å². The summed E-state index contributed by atoms with van der Waals surface area (Å²) < 4.78 is 5.46. The normalized spacial score (nSPS) is 10.1. The number of hydrogen-bond donors (Lipinski definition) is 1. The lowest BCUT2D eigenvalue weighted by molar-refractivity contribution is -0.118. The molecule has 3 nitrogen and oxygen atoms in total. The van der Waals surface area contributed by atoms with Crippen LogP contribution in [0.15, 0.2) is 48.5 Å². The van der Waals surface area contributed by atoms with Gasteiger partial charge in [-0.15, -0.1) is 0 Å². The van der Waals surface area contributed by atoms with Crippen LogP contribution in [-0.2, 0) is 11.2 Å². The van der Waals surface area contributed by atoms with Gasteiger partial charge in [0.25, 0.3) is 5.91 Å². The van der Waals surface area contributed by atoms with Crippen LogP contribution in [0.4, 0.5) is 5.69 Å². The van der Waals surface area contributed by atoms with Gasteiger partial charge in [0.2, 0.25) is 0 Å². The fourth-order valence-electron chi connectivity index (χ4n) is 1.89. The van der Waals surface area contributed by atoms with E-state index in [4.69, 9.17) is 4.74 Å². The van der Waals surface area contributed by atoms with Crippen molar-refractivity contribution in [3.8, 4) is 5.75 Å². The summed E-state index contributed by atoms with van der Waals surface area (Å²) in [7, 11) is 0. The lowest BCUT2D eigenvalue weighted by Gasteiger charge is -2.08. The van der Waals surface area contributed by atoms with Gasteiger partial charge in [-0.1, -0.05) is 31.2 Å². The van der Waals surface area contributed by atoms with Crippen molar-refractivity contribution in [1.29, 1.82) is 0 Å². The van der Waals surface area contributed by atoms with Gasteiger partial charge in [0, 0.05) is 5.69 Å². The summed E-state index contributed by atoms with van der Waals surface area (Å²) in [4.78, 5) is 11.8. The Morgan fingerprint density at radius 1 is 1.15 bits per heavy atom. The van der Waals surface area contributed by atoms with E-state index >= 15 is 0 Å². The number of rotatable bonds is 5. The number of aryl methyl sites for hydroxylation is 2. The topological polar surface area (TPSA) is 38.3 Å². The molecule has 2 aromatic carbocycles. The molecule has 0 fully saturated rings. The van der Waals surface area contributed by atoms with Crippen molar-refractivity contribution in [1.82, 2.24) is 0 Å². The molecule has 0 saturated heterocycles. The third-order valence-corrected chi connectivity index (χ3v) is 3.00. The average molecular weight is 269 g/mol. The Bertz CT molecular complexity index is 576. The first kappa shape index (κ1) is 14.1. The molecular weight excluding hydrogens is 250 g/mol. The maximum atomic E-state index is 11.8. The van der Waals surface area contributed by atoms with Crippen molar-refractivity contribution in [3.05, 3.63) is 59.7 Å². The maximum absolute atomic E-state index is 11.8. The molecule has 0 aliphatic heterocycles. The standard InChI is InChI=1S/C17H19NO2/c1-3-14-7-9-16(10-8-14)20-12-17(19)18-15-6-4-5-13(2)11-15/h4-11H,3,12H2,1-2H3,(H,18,19). The first-order valence-corrected chi connectivity index (χ1v) is 6.75. The molecule has 0 bridgehead atoms. The maximum Gasteiger partial charge on any atom is 0.262 e. The number of anilines is 1. The van der Waals surface area contributed by atoms with E-state index in [1.807, 2.05) is 55.5 Å². The van der Waals surface area contributed by atoms with Crippen molar-refractivity contribution in [3.63, 3.8) is 0 Å². The summed E-state index contributed by atoms with van der Waals surface area (Å²) in [6, 6.07) is 15.5. The van der Waals surface area contributed by atoms with E-state index in [0.29, 0.717) is 5.75 Å². The first-order chi connectivity index (χ1) is 9.67. The number of hydrogen-bond acceptors (Lipinski definition) is 2. The van der Waals surface area contributed by atoms with Crippen molar-refractivity contribution in [2.24, 2.45) is 0 Å². The summed E-state index contributed by atoms with van der Waals surface area (Å²) in [5.74, 6) is 0.553. The van der Waals surface area contributed by atoms with Gasteiger partial charge in [-0.2, -0.15) is 0 Å². The van der Waals surface area contributed by atoms with Crippen LogP contribution in [0.2, 0.25) is 0 Å². The molecule has 0 heterocycles. The predicted molar refractivity (Wildman–Crippen MR) is 81.1 cm³/mol. The van der Waals surface area contributed by atoms with E-state index in [1.54, 1.807) is 0 Å². The van der Waals surface area contributed by atoms with Gasteiger partial charge < -0.3 is 10.1 Å². The molecule has 104 valence electrons. The molecule has 3 heteroatoms. The van der Waals surface area contributed by atoms with Crippen LogP contribution in [-0.4, -0.2) is 12.5 Å². The van der Waals surface area contributed by atoms with Gasteiger partial charge in [-0.25, -0.2) is 0 Å². The monoisotopic (exact) mass is 269 g/mol. The molecule has 0 aromatic heterocycles. The Morgan fingerprint density at radius 2 is 1.90 bits per heavy atom. The van der Waals surface area contributed by atoms with Crippen LogP contribution in [0, 0.1) is 6.92 Å². The predicted octanol–water partition coefficient (Wildman–Crippen LogP) is 3.57. The van der Waals surface area contributed by atoms with Gasteiger partial charge >= 0.3 is 0 Å². The van der Waals surface area contributed by atoms with Gasteiger partial charge in [0.05, 0.1) is 0 Å². The van der Waals surface area contributed by atoms with Crippen molar-refractivity contribution < 1.29 is 9.53 Å². The lowest BCUT2D eigenvalue weighted by atomic mass is 10.2. The zero-order chi connectivity index (χ0) is 14.4. The number of ether oxygens (including phenoxy) is 1. The van der Waals surface area contributed by atoms with E-state index in [1.165, 1.54) is 5.56 Å². The molecule has 1 N–H and O–H groups in total. The highest BCUT2D eigenvalue weighted by molar-refractivity contribution is 5.91. The summed E-state index contributed by atoms with van der Waals surface area (Å²) in [5, 5.41) is 2.81. The van der Waals surface area contributed by atoms with Gasteiger partial charge in [0.1, 0.15) is 5.75 Å². The highest BCUT2D eigenvalue weighted by Gasteiger charge is 2.03. The Hall–Kier alpha value is -2.29. The van der Waals surface area contributed by atoms with Crippen LogP contribution in [0.5, 0.6) is 5.75 Å². The zero-order valence-electron chi connectivity index (χ0n) is 11.8. The van der Waals surface area contributed by atoms with Crippen molar-refractivity contribution in [2.45, 2.75) is 20.3 Å². The van der Waals surface area contributed by atoms with Gasteiger partial charge in [-0.05, 0) is 48.7 Å². The Kier molecular flexibility index (Phi) is 4.77. The third kappa shape index (κ3) is 4.12. The van der Waals surface area contributed by atoms with Gasteiger partial charge in [0.15, 0.2) is 6.61 Å². The highest BCUT2D eigenvalue weighted by Crippen LogP contribution is 2.13. The number of carbonyl (C=O) groups excluding carboxylic acids is 1. The second-order valence-corrected chi connectivity index (χ2v) is 4.70. The van der Waals surface area contributed by atoms with E-state index in [2.05, 4.69) is 12.2 Å². The van der Waals surface area contributed by atoms with Crippen molar-refractivity contribution in [2.75, 3.05) is 11.9 Å². The Labute approximate surface area is 119 Å². The third-order valence-electron chi connectivity index (χ3n) is 3.00. The molecule has 0 unspecified atom stereocenters. The fourth-order valence-corrected chi connectivity index (χ4v) is 1.89. The zero-order valence-corrected chi connectivity index (χ0v) is 11.8. The minimum atomic E-state index is -0.157. The largest absolute Gasteiger partial charge is 0.484 e. The number of nitrogens with one attached hydrogen (secondary N) is 1. The van der Waals surface area contributed by atoms with E-state index in [0.717, 1.165) is 17.7 Å². The summed E-state index contributed by atoms with van der Waals surface area (Å²) >= 11 is 0. The summed E-state index contributed by atoms with van der Waals surface area (Å²) in [5.41, 5.74) is 3.15. The second-order valence-electron chi connectivity index (χ2n) is 4.70. The SMILES string of the molecule is CCc1ccc(OCC(=O)Nc2cccc(C)c2)cc1. The minimum absolute atomic E-state index is 0.0133. The van der Waals surface area contributed by atoms with E-state index in [9.17, 15) is 4.79 Å². The smallest absolute Gasteiger partial charge is 0.262 e. The molecule has 0 aliphatic rings. The van der Waals surface area contributed by atoms with Crippen LogP contribution < -0.4 is 10.1 Å². The van der Waals surface area contributed by atoms with E-state index < -0.39 is 0 Å². The number of carbonyl (C=O) groups is 1. The second kappa shape index (κ2) is 6.75. The molecule has 0 spiro atoms. The number of amides is 1. The van der Waals surface area contributed by atoms with Crippen LogP contribution in [0.3, 0.4) is 0 Å². The van der Waals surface area contributed by atoms with Crippen LogP contribution in [0.1, 0.15) is 18.1 Å². The minimum Gasteiger partial charge on any atom is -0.484 e. The molecule has 20 heavy (non-hydrogen) atoms. The summed E-state index contributed by atoms with van der Waals surface area (Å²) in [6.07, 6.45) is 0.994. The molecule has 0 radical (unpaired) electrons. The Balaban J connectivity index is 1.85. The molecular formula is C17H19NO2. The van der Waals surface area contributed by atoms with E-state index in [-0.39, 0.29) is 12.5 Å². The fraction of sp³-hybridized carbons (Fsp3) is 0.235. The quantitative estimate of drug-likeness (QED) is 0.901. The number of benzene rings is 2. The average Bonchev–Trinajstić information content (AvgIpc) is 2.46. The molecule has 1 amide bonds. The van der Waals surface area contributed by atoms with Crippen molar-refractivity contribution >= 4 is 11.6 Å². The first-order valence-electron chi connectivity index (χ1n) is 6.75. The summed E-state index contributed by atoms with van der Waals surface area (Å²) in [6.45, 7) is 4.10. The highest BCUT2D eigenvalue weighted by atomic mass is 16.5. The molecule has 0 saturated carbocycles. The molecule has 0 aliphatic carbocycles. The molecule has 2 rings (SSSR count). The molecule has 2 aromatic rings. The van der Waals surface area contributed by atoms with Gasteiger partial charge in [-0.3, -0.25) is 4.79 Å². The molecule has 0 atom stereocenters. The lowest BCUT2D eigenvalue weighted by Crippen LogP contribution is -2.20.